The minimum atomic E-state index is -1.58. The number of hydrogen-bond donors (Lipinski definition) is 1. The van der Waals surface area contributed by atoms with E-state index in [0.29, 0.717) is 0 Å². The fourth-order valence-corrected chi connectivity index (χ4v) is 0.934. The van der Waals surface area contributed by atoms with Gasteiger partial charge < -0.3 is 9.84 Å². The van der Waals surface area contributed by atoms with Crippen LogP contribution < -0.4 is 0 Å². The lowest BCUT2D eigenvalue weighted by Crippen LogP contribution is -2.41. The molecule has 0 aromatic heterocycles. The van der Waals surface area contributed by atoms with E-state index in [1.54, 1.807) is 0 Å². The maximum atomic E-state index is 12.6. The number of carboxylic acid groups (broad SMARTS) is 1. The molecule has 5 heteroatoms. The molecule has 0 fully saturated rings. The van der Waals surface area contributed by atoms with Crippen LogP contribution in [-0.2, 0) is 9.53 Å². The van der Waals surface area contributed by atoms with Crippen LogP contribution in [0.15, 0.2) is 17.3 Å². The van der Waals surface area contributed by atoms with Crippen LogP contribution in [0.1, 0.15) is 6.42 Å². The zero-order chi connectivity index (χ0) is 9.19. The van der Waals surface area contributed by atoms with Gasteiger partial charge in [0.25, 0.3) is 0 Å². The normalized spacial score (nSPS) is 28.3. The van der Waals surface area contributed by atoms with Crippen molar-refractivity contribution in [1.82, 2.24) is 0 Å². The largest absolute Gasteiger partial charge is 0.479 e. The van der Waals surface area contributed by atoms with Gasteiger partial charge in [0, 0.05) is 13.3 Å². The van der Waals surface area contributed by atoms with Gasteiger partial charge in [0.2, 0.25) is 0 Å². The Bertz CT molecular complexity index is 261. The summed E-state index contributed by atoms with van der Waals surface area (Å²) in [5, 5.41) is 8.71. The van der Waals surface area contributed by atoms with Crippen molar-refractivity contribution in [1.29, 1.82) is 0 Å². The van der Waals surface area contributed by atoms with Crippen LogP contribution in [0.2, 0.25) is 0 Å². The smallest absolute Gasteiger partial charge is 0.340 e. The number of nitrogens with zero attached hydrogens (tertiary/aromatic N) is 1. The predicted octanol–water partition coefficient (Wildman–Crippen LogP) is 0.742. The molecule has 0 radical (unpaired) electrons. The Morgan fingerprint density at radius 1 is 1.92 bits per heavy atom. The van der Waals surface area contributed by atoms with Crippen LogP contribution in [0.4, 0.5) is 4.39 Å². The average molecular weight is 173 g/mol. The first-order valence-electron chi connectivity index (χ1n) is 3.29. The molecule has 1 aliphatic heterocycles. The third-order valence-electron chi connectivity index (χ3n) is 1.69. The third-order valence-corrected chi connectivity index (χ3v) is 1.69. The van der Waals surface area contributed by atoms with Crippen molar-refractivity contribution < 1.29 is 19.0 Å². The molecule has 66 valence electrons. The standard InChI is InChI=1S/C7H8FNO3/c1-12-7(6(10)11)2-3-9-5(8)4-7/h2-3H,4H2,1H3,(H,10,11). The summed E-state index contributed by atoms with van der Waals surface area (Å²) >= 11 is 0. The summed E-state index contributed by atoms with van der Waals surface area (Å²) < 4.78 is 17.3. The molecule has 0 aromatic carbocycles. The van der Waals surface area contributed by atoms with E-state index in [1.165, 1.54) is 13.2 Å². The van der Waals surface area contributed by atoms with Crippen molar-refractivity contribution >= 4 is 11.9 Å². The van der Waals surface area contributed by atoms with Crippen molar-refractivity contribution in [3.63, 3.8) is 0 Å². The van der Waals surface area contributed by atoms with Crippen LogP contribution in [0, 0.1) is 0 Å². The highest BCUT2D eigenvalue weighted by atomic mass is 19.1. The summed E-state index contributed by atoms with van der Waals surface area (Å²) in [6.07, 6.45) is 1.96. The first-order valence-corrected chi connectivity index (χ1v) is 3.29. The third kappa shape index (κ3) is 1.35. The van der Waals surface area contributed by atoms with Crippen molar-refractivity contribution in [2.75, 3.05) is 7.11 Å². The summed E-state index contributed by atoms with van der Waals surface area (Å²) in [5.74, 6) is -1.95. The van der Waals surface area contributed by atoms with E-state index >= 15 is 0 Å². The number of rotatable bonds is 2. The summed E-state index contributed by atoms with van der Waals surface area (Å²) in [6, 6.07) is 0. The van der Waals surface area contributed by atoms with Crippen molar-refractivity contribution in [3.05, 3.63) is 12.3 Å². The first kappa shape index (κ1) is 8.86. The van der Waals surface area contributed by atoms with Crippen molar-refractivity contribution in [3.8, 4) is 0 Å². The van der Waals surface area contributed by atoms with Gasteiger partial charge in [-0.2, -0.15) is 4.39 Å². The molecule has 0 saturated heterocycles. The van der Waals surface area contributed by atoms with E-state index in [2.05, 4.69) is 4.99 Å². The Morgan fingerprint density at radius 3 is 2.92 bits per heavy atom. The second-order valence-corrected chi connectivity index (χ2v) is 2.40. The topological polar surface area (TPSA) is 58.9 Å². The number of ether oxygens (including phenoxy) is 1. The van der Waals surface area contributed by atoms with Gasteiger partial charge in [-0.25, -0.2) is 9.79 Å². The number of aliphatic imine (C=N–C) groups is 1. The first-order chi connectivity index (χ1) is 5.60. The number of hydrogen-bond acceptors (Lipinski definition) is 3. The molecule has 1 heterocycles. The van der Waals surface area contributed by atoms with E-state index in [-0.39, 0.29) is 6.42 Å². The van der Waals surface area contributed by atoms with Gasteiger partial charge in [-0.1, -0.05) is 0 Å². The molecule has 1 N–H and O–H groups in total. The lowest BCUT2D eigenvalue weighted by atomic mass is 9.98. The fraction of sp³-hybridized carbons (Fsp3) is 0.429. The maximum Gasteiger partial charge on any atom is 0.340 e. The summed E-state index contributed by atoms with van der Waals surface area (Å²) in [7, 11) is 1.22. The second kappa shape index (κ2) is 3.02. The van der Waals surface area contributed by atoms with Gasteiger partial charge >= 0.3 is 5.97 Å². The van der Waals surface area contributed by atoms with Crippen LogP contribution >= 0.6 is 0 Å². The molecule has 0 bridgehead atoms. The van der Waals surface area contributed by atoms with Gasteiger partial charge in [-0.3, -0.25) is 0 Å². The summed E-state index contributed by atoms with van der Waals surface area (Å²) in [4.78, 5) is 13.9. The minimum Gasteiger partial charge on any atom is -0.479 e. The van der Waals surface area contributed by atoms with Gasteiger partial charge in [0.1, 0.15) is 0 Å². The van der Waals surface area contributed by atoms with Gasteiger partial charge in [0.05, 0.1) is 6.42 Å². The minimum absolute atomic E-state index is 0.352. The fourth-order valence-electron chi connectivity index (χ4n) is 0.934. The van der Waals surface area contributed by atoms with Gasteiger partial charge in [-0.05, 0) is 6.08 Å². The quantitative estimate of drug-likeness (QED) is 0.670. The highest BCUT2D eigenvalue weighted by Crippen LogP contribution is 2.22. The number of carboxylic acids is 1. The zero-order valence-electron chi connectivity index (χ0n) is 6.45. The van der Waals surface area contributed by atoms with E-state index in [1.807, 2.05) is 0 Å². The molecule has 0 aliphatic carbocycles. The maximum absolute atomic E-state index is 12.6. The summed E-state index contributed by atoms with van der Waals surface area (Å²) in [5.41, 5.74) is -1.58. The summed E-state index contributed by atoms with van der Waals surface area (Å²) in [6.45, 7) is 0. The van der Waals surface area contributed by atoms with Crippen molar-refractivity contribution in [2.24, 2.45) is 4.99 Å². The Kier molecular flexibility index (Phi) is 2.23. The SMILES string of the molecule is COC1(C(=O)O)C=CN=C(F)C1. The number of aliphatic carboxylic acids is 1. The number of halogens is 1. The van der Waals surface area contributed by atoms with Crippen LogP contribution in [-0.4, -0.2) is 29.8 Å². The highest BCUT2D eigenvalue weighted by molar-refractivity contribution is 5.89. The monoisotopic (exact) mass is 173 g/mol. The lowest BCUT2D eigenvalue weighted by Gasteiger charge is -2.24. The molecule has 1 atom stereocenters. The molecule has 0 saturated carbocycles. The molecule has 1 unspecified atom stereocenters. The lowest BCUT2D eigenvalue weighted by molar-refractivity contribution is -0.155. The molecule has 0 spiro atoms. The highest BCUT2D eigenvalue weighted by Gasteiger charge is 2.39. The van der Waals surface area contributed by atoms with Gasteiger partial charge in [0.15, 0.2) is 11.6 Å². The molecular weight excluding hydrogens is 165 g/mol. The molecule has 12 heavy (non-hydrogen) atoms. The van der Waals surface area contributed by atoms with Gasteiger partial charge in [-0.15, -0.1) is 0 Å². The Labute approximate surface area is 68.4 Å². The Hall–Kier alpha value is -1.23. The van der Waals surface area contributed by atoms with Crippen LogP contribution in [0.25, 0.3) is 0 Å². The molecule has 1 aliphatic rings. The molecule has 4 nitrogen and oxygen atoms in total. The second-order valence-electron chi connectivity index (χ2n) is 2.40. The molecule has 0 amide bonds. The Morgan fingerprint density at radius 2 is 2.58 bits per heavy atom. The van der Waals surface area contributed by atoms with E-state index < -0.39 is 17.5 Å². The molecule has 1 rings (SSSR count). The van der Waals surface area contributed by atoms with E-state index in [9.17, 15) is 9.18 Å². The van der Waals surface area contributed by atoms with E-state index in [0.717, 1.165) is 6.20 Å². The average Bonchev–Trinajstić information content (AvgIpc) is 2.04. The zero-order valence-corrected chi connectivity index (χ0v) is 6.45. The molecule has 0 aromatic rings. The van der Waals surface area contributed by atoms with Crippen molar-refractivity contribution in [2.45, 2.75) is 12.0 Å². The molecular formula is C7H8FNO3. The number of methoxy groups -OCH3 is 1. The number of carbonyl (C=O) groups is 1. The van der Waals surface area contributed by atoms with E-state index in [4.69, 9.17) is 9.84 Å². The van der Waals surface area contributed by atoms with Crippen LogP contribution in [0.3, 0.4) is 0 Å². The predicted molar refractivity (Wildman–Crippen MR) is 39.7 cm³/mol. The Balaban J connectivity index is 2.92. The van der Waals surface area contributed by atoms with Crippen LogP contribution in [0.5, 0.6) is 0 Å².